The standard InChI is InChI=1S/C31H29NO5/c1-19-28(31(35)37-18-20-9-5-3-6-10-20)29(22-13-14-25(33)27(17-22)36-2)30-24(32-19)15-23(16-26(30)34)21-11-7-4-8-12-21/h3-14,17,23,29,32-33H,15-16,18H2,1-2H3/t23-,29+/m0/s1. The molecule has 0 unspecified atom stereocenters. The second-order valence-corrected chi connectivity index (χ2v) is 9.42. The number of hydrogen-bond donors (Lipinski definition) is 2. The van der Waals surface area contributed by atoms with E-state index in [9.17, 15) is 14.7 Å². The largest absolute Gasteiger partial charge is 0.504 e. The minimum Gasteiger partial charge on any atom is -0.504 e. The highest BCUT2D eigenvalue weighted by atomic mass is 16.5. The quantitative estimate of drug-likeness (QED) is 0.439. The molecule has 1 aliphatic heterocycles. The van der Waals surface area contributed by atoms with Crippen molar-refractivity contribution in [1.29, 1.82) is 0 Å². The van der Waals surface area contributed by atoms with Gasteiger partial charge in [0.25, 0.3) is 0 Å². The van der Waals surface area contributed by atoms with Crippen LogP contribution in [0.15, 0.2) is 101 Å². The van der Waals surface area contributed by atoms with Gasteiger partial charge in [-0.1, -0.05) is 66.7 Å². The molecule has 0 radical (unpaired) electrons. The number of carbonyl (C=O) groups is 2. The van der Waals surface area contributed by atoms with Gasteiger partial charge in [-0.2, -0.15) is 0 Å². The minimum atomic E-state index is -0.641. The zero-order chi connectivity index (χ0) is 25.9. The third kappa shape index (κ3) is 4.87. The van der Waals surface area contributed by atoms with E-state index < -0.39 is 11.9 Å². The van der Waals surface area contributed by atoms with Gasteiger partial charge in [0, 0.05) is 29.3 Å². The fraction of sp³-hybridized carbons (Fsp3) is 0.226. The number of aromatic hydroxyl groups is 1. The molecule has 2 atom stereocenters. The van der Waals surface area contributed by atoms with Gasteiger partial charge in [-0.3, -0.25) is 4.79 Å². The van der Waals surface area contributed by atoms with Crippen molar-refractivity contribution >= 4 is 11.8 Å². The zero-order valence-corrected chi connectivity index (χ0v) is 20.9. The third-order valence-corrected chi connectivity index (χ3v) is 7.07. The van der Waals surface area contributed by atoms with Crippen molar-refractivity contribution in [2.45, 2.75) is 38.2 Å². The number of Topliss-reactive ketones (excluding diaryl/α,β-unsaturated/α-hetero) is 1. The molecule has 0 fully saturated rings. The number of hydrogen-bond acceptors (Lipinski definition) is 6. The van der Waals surface area contributed by atoms with Crippen molar-refractivity contribution in [1.82, 2.24) is 5.32 Å². The first-order valence-electron chi connectivity index (χ1n) is 12.3. The summed E-state index contributed by atoms with van der Waals surface area (Å²) in [6, 6.07) is 24.4. The molecule has 5 rings (SSSR count). The van der Waals surface area contributed by atoms with Crippen LogP contribution in [0.5, 0.6) is 11.5 Å². The first-order valence-corrected chi connectivity index (χ1v) is 12.3. The van der Waals surface area contributed by atoms with E-state index in [1.807, 2.05) is 67.6 Å². The highest BCUT2D eigenvalue weighted by molar-refractivity contribution is 6.04. The lowest BCUT2D eigenvalue weighted by Crippen LogP contribution is -2.36. The Morgan fingerprint density at radius 2 is 1.68 bits per heavy atom. The van der Waals surface area contributed by atoms with Crippen LogP contribution in [0.25, 0.3) is 0 Å². The fourth-order valence-electron chi connectivity index (χ4n) is 5.28. The molecule has 0 spiro atoms. The second-order valence-electron chi connectivity index (χ2n) is 9.42. The summed E-state index contributed by atoms with van der Waals surface area (Å²) >= 11 is 0. The van der Waals surface area contributed by atoms with Crippen LogP contribution in [0.1, 0.15) is 48.3 Å². The molecule has 0 amide bonds. The molecule has 6 heteroatoms. The maximum atomic E-state index is 13.7. The number of benzene rings is 3. The van der Waals surface area contributed by atoms with E-state index in [1.165, 1.54) is 13.2 Å². The molecule has 2 N–H and O–H groups in total. The van der Waals surface area contributed by atoms with Gasteiger partial charge in [0.05, 0.1) is 12.7 Å². The smallest absolute Gasteiger partial charge is 0.337 e. The molecule has 3 aromatic rings. The highest BCUT2D eigenvalue weighted by Gasteiger charge is 2.41. The Hall–Kier alpha value is -4.32. The summed E-state index contributed by atoms with van der Waals surface area (Å²) in [5, 5.41) is 13.6. The van der Waals surface area contributed by atoms with E-state index in [-0.39, 0.29) is 29.8 Å². The van der Waals surface area contributed by atoms with E-state index in [0.29, 0.717) is 35.2 Å². The molecule has 37 heavy (non-hydrogen) atoms. The van der Waals surface area contributed by atoms with Crippen LogP contribution in [-0.2, 0) is 20.9 Å². The molecular formula is C31H29NO5. The lowest BCUT2D eigenvalue weighted by atomic mass is 9.71. The Balaban J connectivity index is 1.55. The zero-order valence-electron chi connectivity index (χ0n) is 20.9. The summed E-state index contributed by atoms with van der Waals surface area (Å²) in [4.78, 5) is 27.2. The van der Waals surface area contributed by atoms with Gasteiger partial charge in [0.2, 0.25) is 0 Å². The number of phenolic OH excluding ortho intramolecular Hbond substituents is 1. The number of ether oxygens (including phenoxy) is 2. The molecule has 6 nitrogen and oxygen atoms in total. The van der Waals surface area contributed by atoms with Crippen LogP contribution in [0, 0.1) is 0 Å². The van der Waals surface area contributed by atoms with Crippen LogP contribution >= 0.6 is 0 Å². The summed E-state index contributed by atoms with van der Waals surface area (Å²) in [5.74, 6) is -0.829. The van der Waals surface area contributed by atoms with Gasteiger partial charge in [-0.15, -0.1) is 0 Å². The molecular weight excluding hydrogens is 466 g/mol. The predicted octanol–water partition coefficient (Wildman–Crippen LogP) is 5.51. The van der Waals surface area contributed by atoms with E-state index in [4.69, 9.17) is 9.47 Å². The van der Waals surface area contributed by atoms with Crippen molar-refractivity contribution in [2.75, 3.05) is 7.11 Å². The lowest BCUT2D eigenvalue weighted by molar-refractivity contribution is -0.140. The fourth-order valence-corrected chi connectivity index (χ4v) is 5.28. The van der Waals surface area contributed by atoms with E-state index >= 15 is 0 Å². The Kier molecular flexibility index (Phi) is 6.82. The molecule has 1 aliphatic carbocycles. The predicted molar refractivity (Wildman–Crippen MR) is 140 cm³/mol. The summed E-state index contributed by atoms with van der Waals surface area (Å²) in [5.41, 5.74) is 5.09. The molecule has 0 saturated carbocycles. The minimum absolute atomic E-state index is 0.0117. The number of nitrogens with one attached hydrogen (secondary N) is 1. The second kappa shape index (κ2) is 10.3. The highest BCUT2D eigenvalue weighted by Crippen LogP contribution is 2.46. The monoisotopic (exact) mass is 495 g/mol. The summed E-state index contributed by atoms with van der Waals surface area (Å²) in [7, 11) is 1.47. The molecule has 2 aliphatic rings. The molecule has 1 heterocycles. The molecule has 0 bridgehead atoms. The van der Waals surface area contributed by atoms with Crippen LogP contribution in [-0.4, -0.2) is 24.0 Å². The summed E-state index contributed by atoms with van der Waals surface area (Å²) in [6.45, 7) is 1.96. The maximum absolute atomic E-state index is 13.7. The lowest BCUT2D eigenvalue weighted by Gasteiger charge is -2.36. The van der Waals surface area contributed by atoms with Crippen molar-refractivity contribution < 1.29 is 24.2 Å². The Morgan fingerprint density at radius 1 is 0.973 bits per heavy atom. The number of dihydropyridines is 1. The first kappa shape index (κ1) is 24.4. The number of allylic oxidation sites excluding steroid dienone is 3. The average Bonchev–Trinajstić information content (AvgIpc) is 2.92. The molecule has 188 valence electrons. The number of methoxy groups -OCH3 is 1. The number of ketones is 1. The van der Waals surface area contributed by atoms with Gasteiger partial charge in [-0.25, -0.2) is 4.79 Å². The summed E-state index contributed by atoms with van der Waals surface area (Å²) in [6.07, 6.45) is 1.00. The van der Waals surface area contributed by atoms with Crippen molar-refractivity contribution in [2.24, 2.45) is 0 Å². The van der Waals surface area contributed by atoms with E-state index in [2.05, 4.69) is 5.32 Å². The Labute approximate surface area is 216 Å². The van der Waals surface area contributed by atoms with Crippen LogP contribution in [0.3, 0.4) is 0 Å². The van der Waals surface area contributed by atoms with Gasteiger partial charge in [-0.05, 0) is 48.1 Å². The van der Waals surface area contributed by atoms with Gasteiger partial charge >= 0.3 is 5.97 Å². The molecule has 0 saturated heterocycles. The third-order valence-electron chi connectivity index (χ3n) is 7.07. The normalized spacial score (nSPS) is 19.2. The maximum Gasteiger partial charge on any atom is 0.337 e. The Morgan fingerprint density at radius 3 is 2.38 bits per heavy atom. The van der Waals surface area contributed by atoms with Gasteiger partial charge in [0.15, 0.2) is 17.3 Å². The first-order chi connectivity index (χ1) is 18.0. The Bertz CT molecular complexity index is 1390. The van der Waals surface area contributed by atoms with Gasteiger partial charge < -0.3 is 19.9 Å². The topological polar surface area (TPSA) is 84.9 Å². The molecule has 3 aromatic carbocycles. The van der Waals surface area contributed by atoms with E-state index in [1.54, 1.807) is 12.1 Å². The number of carbonyl (C=O) groups excluding carboxylic acids is 2. The van der Waals surface area contributed by atoms with Crippen LogP contribution < -0.4 is 10.1 Å². The van der Waals surface area contributed by atoms with Crippen molar-refractivity contribution in [3.63, 3.8) is 0 Å². The van der Waals surface area contributed by atoms with Crippen LogP contribution in [0.4, 0.5) is 0 Å². The number of rotatable bonds is 6. The summed E-state index contributed by atoms with van der Waals surface area (Å²) < 4.78 is 11.1. The average molecular weight is 496 g/mol. The van der Waals surface area contributed by atoms with Gasteiger partial charge in [0.1, 0.15) is 6.61 Å². The number of phenols is 1. The van der Waals surface area contributed by atoms with Crippen molar-refractivity contribution in [3.05, 3.63) is 118 Å². The SMILES string of the molecule is COc1cc([C@@H]2C(C(=O)OCc3ccccc3)=C(C)NC3=C2C(=O)C[C@@H](c2ccccc2)C3)ccc1O. The number of esters is 1. The molecule has 0 aromatic heterocycles. The van der Waals surface area contributed by atoms with E-state index in [0.717, 1.165) is 16.8 Å². The van der Waals surface area contributed by atoms with Crippen molar-refractivity contribution in [3.8, 4) is 11.5 Å². The van der Waals surface area contributed by atoms with Crippen LogP contribution in [0.2, 0.25) is 0 Å².